The molecule has 19 heavy (non-hydrogen) atoms. The van der Waals surface area contributed by atoms with E-state index in [1.807, 2.05) is 20.8 Å². The third-order valence-electron chi connectivity index (χ3n) is 2.98. The Balaban J connectivity index is 2.07. The highest BCUT2D eigenvalue weighted by molar-refractivity contribution is 5.73. The van der Waals surface area contributed by atoms with Crippen molar-refractivity contribution in [1.82, 2.24) is 15.0 Å². The van der Waals surface area contributed by atoms with E-state index in [1.165, 1.54) is 0 Å². The Morgan fingerprint density at radius 1 is 1.53 bits per heavy atom. The highest BCUT2D eigenvalue weighted by Crippen LogP contribution is 2.20. The lowest BCUT2D eigenvalue weighted by molar-refractivity contribution is -0.150. The van der Waals surface area contributed by atoms with E-state index in [-0.39, 0.29) is 12.0 Å². The molecule has 1 aliphatic rings. The molecular formula is C12H19N3O4. The standard InChI is InChI=1S/C12H19N3O4/c1-12(2,3)11-13-9(14-19-11)6-15-4-5-18-7-8(15)10(16)17/h8H,4-7H2,1-3H3,(H,16,17). The van der Waals surface area contributed by atoms with Crippen LogP contribution in [-0.2, 0) is 21.5 Å². The van der Waals surface area contributed by atoms with E-state index in [0.717, 1.165) is 0 Å². The number of aliphatic carboxylic acids is 1. The smallest absolute Gasteiger partial charge is 0.323 e. The lowest BCUT2D eigenvalue weighted by Crippen LogP contribution is -2.49. The van der Waals surface area contributed by atoms with Crippen molar-refractivity contribution in [2.45, 2.75) is 38.8 Å². The van der Waals surface area contributed by atoms with Crippen molar-refractivity contribution in [3.05, 3.63) is 11.7 Å². The summed E-state index contributed by atoms with van der Waals surface area (Å²) in [4.78, 5) is 17.2. The molecule has 1 unspecified atom stereocenters. The number of morpholine rings is 1. The number of rotatable bonds is 3. The Morgan fingerprint density at radius 2 is 2.26 bits per heavy atom. The van der Waals surface area contributed by atoms with Crippen molar-refractivity contribution in [3.63, 3.8) is 0 Å². The van der Waals surface area contributed by atoms with Crippen LogP contribution in [0.5, 0.6) is 0 Å². The highest BCUT2D eigenvalue weighted by atomic mass is 16.5. The highest BCUT2D eigenvalue weighted by Gasteiger charge is 2.31. The molecule has 1 aliphatic heterocycles. The van der Waals surface area contributed by atoms with E-state index in [4.69, 9.17) is 14.4 Å². The molecule has 1 fully saturated rings. The summed E-state index contributed by atoms with van der Waals surface area (Å²) < 4.78 is 10.4. The lowest BCUT2D eigenvalue weighted by Gasteiger charge is -2.31. The molecule has 1 aromatic heterocycles. The zero-order valence-electron chi connectivity index (χ0n) is 11.4. The van der Waals surface area contributed by atoms with Crippen LogP contribution in [0.1, 0.15) is 32.5 Å². The molecule has 0 radical (unpaired) electrons. The van der Waals surface area contributed by atoms with Crippen molar-refractivity contribution < 1.29 is 19.2 Å². The first-order valence-corrected chi connectivity index (χ1v) is 6.25. The molecule has 0 spiro atoms. The molecule has 1 atom stereocenters. The second-order valence-electron chi connectivity index (χ2n) is 5.67. The van der Waals surface area contributed by atoms with Crippen LogP contribution < -0.4 is 0 Å². The van der Waals surface area contributed by atoms with Crippen molar-refractivity contribution in [2.75, 3.05) is 19.8 Å². The van der Waals surface area contributed by atoms with Crippen LogP contribution in [0, 0.1) is 0 Å². The van der Waals surface area contributed by atoms with Gasteiger partial charge < -0.3 is 14.4 Å². The Bertz CT molecular complexity index is 452. The zero-order chi connectivity index (χ0) is 14.0. The minimum atomic E-state index is -0.890. The number of carbonyl (C=O) groups is 1. The van der Waals surface area contributed by atoms with E-state index in [0.29, 0.717) is 31.4 Å². The predicted molar refractivity (Wildman–Crippen MR) is 65.7 cm³/mol. The second kappa shape index (κ2) is 5.26. The van der Waals surface area contributed by atoms with Gasteiger partial charge in [0.15, 0.2) is 5.82 Å². The van der Waals surface area contributed by atoms with E-state index < -0.39 is 12.0 Å². The van der Waals surface area contributed by atoms with Crippen molar-refractivity contribution in [3.8, 4) is 0 Å². The van der Waals surface area contributed by atoms with E-state index in [2.05, 4.69) is 10.1 Å². The molecule has 7 nitrogen and oxygen atoms in total. The number of hydrogen-bond donors (Lipinski definition) is 1. The Hall–Kier alpha value is -1.47. The van der Waals surface area contributed by atoms with Gasteiger partial charge in [0.05, 0.1) is 19.8 Å². The fourth-order valence-electron chi connectivity index (χ4n) is 1.86. The van der Waals surface area contributed by atoms with Crippen molar-refractivity contribution in [2.24, 2.45) is 0 Å². The number of hydrogen-bond acceptors (Lipinski definition) is 6. The molecule has 1 saturated heterocycles. The monoisotopic (exact) mass is 269 g/mol. The third-order valence-corrected chi connectivity index (χ3v) is 2.98. The SMILES string of the molecule is CC(C)(C)c1nc(CN2CCOCC2C(=O)O)no1. The minimum absolute atomic E-state index is 0.194. The van der Waals surface area contributed by atoms with Crippen LogP contribution in [0.3, 0.4) is 0 Å². The van der Waals surface area contributed by atoms with Crippen LogP contribution in [0.15, 0.2) is 4.52 Å². The molecule has 1 aromatic rings. The fraction of sp³-hybridized carbons (Fsp3) is 0.750. The summed E-state index contributed by atoms with van der Waals surface area (Å²) in [5.74, 6) is 0.181. The van der Waals surface area contributed by atoms with E-state index in [9.17, 15) is 4.79 Å². The van der Waals surface area contributed by atoms with Gasteiger partial charge in [-0.05, 0) is 0 Å². The van der Waals surface area contributed by atoms with Crippen LogP contribution in [0.25, 0.3) is 0 Å². The van der Waals surface area contributed by atoms with Gasteiger partial charge in [-0.15, -0.1) is 0 Å². The molecule has 0 saturated carbocycles. The minimum Gasteiger partial charge on any atom is -0.480 e. The van der Waals surface area contributed by atoms with Gasteiger partial charge in [0.1, 0.15) is 6.04 Å². The first-order valence-electron chi connectivity index (χ1n) is 6.25. The maximum atomic E-state index is 11.1. The van der Waals surface area contributed by atoms with Gasteiger partial charge in [-0.2, -0.15) is 4.98 Å². The average Bonchev–Trinajstić information content (AvgIpc) is 2.77. The van der Waals surface area contributed by atoms with Gasteiger partial charge >= 0.3 is 5.97 Å². The molecule has 0 aromatic carbocycles. The molecule has 0 aliphatic carbocycles. The van der Waals surface area contributed by atoms with Gasteiger partial charge in [0.25, 0.3) is 0 Å². The normalized spacial score (nSPS) is 21.5. The summed E-state index contributed by atoms with van der Waals surface area (Å²) in [6, 6.07) is -0.648. The molecule has 2 rings (SSSR count). The summed E-state index contributed by atoms with van der Waals surface area (Å²) in [5, 5.41) is 13.0. The molecule has 0 bridgehead atoms. The number of aromatic nitrogens is 2. The number of carboxylic acid groups (broad SMARTS) is 1. The molecule has 1 N–H and O–H groups in total. The van der Waals surface area contributed by atoms with Crippen LogP contribution >= 0.6 is 0 Å². The molecule has 7 heteroatoms. The first-order chi connectivity index (χ1) is 8.88. The molecular weight excluding hydrogens is 250 g/mol. The fourth-order valence-corrected chi connectivity index (χ4v) is 1.86. The Labute approximate surface area is 111 Å². The van der Waals surface area contributed by atoms with Gasteiger partial charge in [0, 0.05) is 12.0 Å². The van der Waals surface area contributed by atoms with Crippen LogP contribution in [0.2, 0.25) is 0 Å². The Kier molecular flexibility index (Phi) is 3.86. The van der Waals surface area contributed by atoms with E-state index >= 15 is 0 Å². The molecule has 2 heterocycles. The zero-order valence-corrected chi connectivity index (χ0v) is 11.4. The van der Waals surface area contributed by atoms with Crippen molar-refractivity contribution in [1.29, 1.82) is 0 Å². The van der Waals surface area contributed by atoms with Crippen LogP contribution in [0.4, 0.5) is 0 Å². The summed E-state index contributed by atoms with van der Waals surface area (Å²) in [6.45, 7) is 7.58. The quantitative estimate of drug-likeness (QED) is 0.861. The Morgan fingerprint density at radius 3 is 2.84 bits per heavy atom. The topological polar surface area (TPSA) is 88.7 Å². The van der Waals surface area contributed by atoms with Gasteiger partial charge in [-0.25, -0.2) is 0 Å². The number of carboxylic acids is 1. The van der Waals surface area contributed by atoms with Gasteiger partial charge in [-0.3, -0.25) is 9.69 Å². The average molecular weight is 269 g/mol. The maximum absolute atomic E-state index is 11.1. The first kappa shape index (κ1) is 14.0. The van der Waals surface area contributed by atoms with Gasteiger partial charge in [0.2, 0.25) is 5.89 Å². The maximum Gasteiger partial charge on any atom is 0.323 e. The van der Waals surface area contributed by atoms with E-state index in [1.54, 1.807) is 4.90 Å². The summed E-state index contributed by atoms with van der Waals surface area (Å²) >= 11 is 0. The molecule has 0 amide bonds. The molecule has 106 valence electrons. The van der Waals surface area contributed by atoms with Crippen molar-refractivity contribution >= 4 is 5.97 Å². The number of nitrogens with zero attached hydrogens (tertiary/aromatic N) is 3. The number of ether oxygens (including phenoxy) is 1. The third kappa shape index (κ3) is 3.30. The predicted octanol–water partition coefficient (Wildman–Crippen LogP) is 0.653. The summed E-state index contributed by atoms with van der Waals surface area (Å²) in [7, 11) is 0. The summed E-state index contributed by atoms with van der Waals surface area (Å²) in [5.41, 5.74) is -0.206. The van der Waals surface area contributed by atoms with Crippen LogP contribution in [-0.4, -0.2) is 51.9 Å². The van der Waals surface area contributed by atoms with Gasteiger partial charge in [-0.1, -0.05) is 25.9 Å². The second-order valence-corrected chi connectivity index (χ2v) is 5.67. The summed E-state index contributed by atoms with van der Waals surface area (Å²) in [6.07, 6.45) is 0. The largest absolute Gasteiger partial charge is 0.480 e. The lowest BCUT2D eigenvalue weighted by atomic mass is 9.97.